The van der Waals surface area contributed by atoms with Crippen LogP contribution in [-0.2, 0) is 0 Å². The van der Waals surface area contributed by atoms with E-state index in [0.29, 0.717) is 5.56 Å². The van der Waals surface area contributed by atoms with Gasteiger partial charge in [-0.15, -0.1) is 11.6 Å². The minimum Gasteiger partial charge on any atom is -0.293 e. The molecular weight excluding hydrogens is 366 g/mol. The van der Waals surface area contributed by atoms with E-state index < -0.39 is 0 Å². The number of carbonyl (C=O) groups excluding carboxylic acids is 1. The fourth-order valence-electron chi connectivity index (χ4n) is 0.883. The van der Waals surface area contributed by atoms with E-state index in [0.717, 1.165) is 13.6 Å². The number of carbonyl (C=O) groups is 1. The molecule has 0 aromatic heterocycles. The first-order valence-corrected chi connectivity index (χ1v) is 6.01. The molecule has 0 N–H and O–H groups in total. The summed E-state index contributed by atoms with van der Waals surface area (Å²) < 4.78 is 2.02. The number of ketones is 1. The van der Waals surface area contributed by atoms with Gasteiger partial charge in [0.25, 0.3) is 0 Å². The van der Waals surface area contributed by atoms with Crippen molar-refractivity contribution >= 4 is 55.9 Å². The van der Waals surface area contributed by atoms with E-state index in [2.05, 4.69) is 38.5 Å². The monoisotopic (exact) mass is 372 g/mol. The number of hydrogen-bond acceptors (Lipinski definition) is 1. The highest BCUT2D eigenvalue weighted by molar-refractivity contribution is 14.1. The Hall–Kier alpha value is 0.390. The summed E-state index contributed by atoms with van der Waals surface area (Å²) in [6.07, 6.45) is 0. The molecule has 0 heterocycles. The zero-order chi connectivity index (χ0) is 10.0. The van der Waals surface area contributed by atoms with E-state index in [4.69, 9.17) is 11.6 Å². The average molecular weight is 373 g/mol. The van der Waals surface area contributed by atoms with Crippen molar-refractivity contribution in [2.24, 2.45) is 0 Å². The maximum absolute atomic E-state index is 11.3. The van der Waals surface area contributed by atoms with Gasteiger partial charge < -0.3 is 0 Å². The van der Waals surface area contributed by atoms with Gasteiger partial charge in [-0.3, -0.25) is 4.79 Å². The minimum atomic E-state index is -0.0414. The first-order chi connectivity index (χ1) is 6.06. The van der Waals surface area contributed by atoms with Crippen LogP contribution in [0.2, 0.25) is 0 Å². The molecule has 0 aliphatic carbocycles. The Kier molecular flexibility index (Phi) is 4.19. The van der Waals surface area contributed by atoms with Gasteiger partial charge in [-0.2, -0.15) is 0 Å². The lowest BCUT2D eigenvalue weighted by atomic mass is 10.1. The van der Waals surface area contributed by atoms with Crippen LogP contribution in [0.25, 0.3) is 0 Å². The van der Waals surface area contributed by atoms with Crippen molar-refractivity contribution in [3.05, 3.63) is 31.3 Å². The van der Waals surface area contributed by atoms with Gasteiger partial charge in [0.05, 0.1) is 5.88 Å². The maximum atomic E-state index is 11.3. The SMILES string of the molecule is Cc1c(Br)cc(C(=O)CCl)cc1I. The molecule has 0 amide bonds. The van der Waals surface area contributed by atoms with Gasteiger partial charge in [0, 0.05) is 13.6 Å². The highest BCUT2D eigenvalue weighted by atomic mass is 127. The van der Waals surface area contributed by atoms with Crippen LogP contribution in [0.5, 0.6) is 0 Å². The molecule has 0 unspecified atom stereocenters. The number of halogens is 3. The largest absolute Gasteiger partial charge is 0.293 e. The number of benzene rings is 1. The smallest absolute Gasteiger partial charge is 0.177 e. The maximum Gasteiger partial charge on any atom is 0.177 e. The summed E-state index contributed by atoms with van der Waals surface area (Å²) in [4.78, 5) is 11.3. The van der Waals surface area contributed by atoms with Crippen molar-refractivity contribution in [2.45, 2.75) is 6.92 Å². The Balaban J connectivity index is 3.20. The predicted octanol–water partition coefficient (Wildman–Crippen LogP) is 3.78. The van der Waals surface area contributed by atoms with Crippen molar-refractivity contribution in [1.29, 1.82) is 0 Å². The predicted molar refractivity (Wildman–Crippen MR) is 66.6 cm³/mol. The van der Waals surface area contributed by atoms with Crippen LogP contribution in [0.15, 0.2) is 16.6 Å². The lowest BCUT2D eigenvalue weighted by Gasteiger charge is -2.04. The summed E-state index contributed by atoms with van der Waals surface area (Å²) in [6.45, 7) is 2.00. The van der Waals surface area contributed by atoms with E-state index in [9.17, 15) is 4.79 Å². The van der Waals surface area contributed by atoms with Gasteiger partial charge in [-0.1, -0.05) is 15.9 Å². The van der Waals surface area contributed by atoms with Crippen molar-refractivity contribution < 1.29 is 4.79 Å². The molecule has 0 atom stereocenters. The molecular formula is C9H7BrClIO. The molecule has 1 rings (SSSR count). The van der Waals surface area contributed by atoms with E-state index in [-0.39, 0.29) is 11.7 Å². The van der Waals surface area contributed by atoms with Gasteiger partial charge in [0.2, 0.25) is 0 Å². The number of alkyl halides is 1. The first-order valence-electron chi connectivity index (χ1n) is 3.61. The van der Waals surface area contributed by atoms with Crippen molar-refractivity contribution in [3.8, 4) is 0 Å². The molecule has 13 heavy (non-hydrogen) atoms. The Morgan fingerprint density at radius 3 is 2.69 bits per heavy atom. The Morgan fingerprint density at radius 2 is 2.23 bits per heavy atom. The minimum absolute atomic E-state index is 0.0333. The lowest BCUT2D eigenvalue weighted by Crippen LogP contribution is -2.01. The second-order valence-electron chi connectivity index (χ2n) is 2.62. The summed E-state index contributed by atoms with van der Waals surface area (Å²) in [5.41, 5.74) is 1.81. The van der Waals surface area contributed by atoms with E-state index >= 15 is 0 Å². The molecule has 70 valence electrons. The molecule has 0 spiro atoms. The van der Waals surface area contributed by atoms with Gasteiger partial charge in [-0.05, 0) is 47.2 Å². The average Bonchev–Trinajstić information content (AvgIpc) is 2.12. The fraction of sp³-hybridized carbons (Fsp3) is 0.222. The van der Waals surface area contributed by atoms with Crippen LogP contribution in [0.3, 0.4) is 0 Å². The molecule has 4 heteroatoms. The Labute approximate surface area is 104 Å². The summed E-state index contributed by atoms with van der Waals surface area (Å²) in [7, 11) is 0. The standard InChI is InChI=1S/C9H7BrClIO/c1-5-7(10)2-6(3-8(5)12)9(13)4-11/h2-3H,4H2,1H3. The lowest BCUT2D eigenvalue weighted by molar-refractivity contribution is 0.102. The molecule has 0 aliphatic heterocycles. The van der Waals surface area contributed by atoms with Gasteiger partial charge >= 0.3 is 0 Å². The quantitative estimate of drug-likeness (QED) is 0.438. The molecule has 0 aliphatic rings. The van der Waals surface area contributed by atoms with Crippen LogP contribution >= 0.6 is 50.1 Å². The van der Waals surface area contributed by atoms with Crippen LogP contribution in [0, 0.1) is 10.5 Å². The molecule has 0 bridgehead atoms. The molecule has 0 saturated heterocycles. The van der Waals surface area contributed by atoms with Gasteiger partial charge in [-0.25, -0.2) is 0 Å². The van der Waals surface area contributed by atoms with E-state index in [1.54, 1.807) is 0 Å². The molecule has 0 fully saturated rings. The van der Waals surface area contributed by atoms with Crippen LogP contribution < -0.4 is 0 Å². The van der Waals surface area contributed by atoms with Gasteiger partial charge in [0.1, 0.15) is 0 Å². The number of hydrogen-bond donors (Lipinski definition) is 0. The Morgan fingerprint density at radius 1 is 1.62 bits per heavy atom. The van der Waals surface area contributed by atoms with Crippen LogP contribution in [0.1, 0.15) is 15.9 Å². The highest BCUT2D eigenvalue weighted by Gasteiger charge is 2.08. The van der Waals surface area contributed by atoms with Crippen molar-refractivity contribution in [3.63, 3.8) is 0 Å². The second-order valence-corrected chi connectivity index (χ2v) is 4.91. The molecule has 1 aromatic rings. The number of Topliss-reactive ketones (excluding diaryl/α,β-unsaturated/α-hetero) is 1. The van der Waals surface area contributed by atoms with E-state index in [1.807, 2.05) is 19.1 Å². The summed E-state index contributed by atoms with van der Waals surface area (Å²) in [5, 5.41) is 0. The van der Waals surface area contributed by atoms with Crippen molar-refractivity contribution in [1.82, 2.24) is 0 Å². The number of rotatable bonds is 2. The summed E-state index contributed by atoms with van der Waals surface area (Å²) in [6, 6.07) is 3.66. The molecule has 0 radical (unpaired) electrons. The normalized spacial score (nSPS) is 10.2. The molecule has 1 aromatic carbocycles. The first kappa shape index (κ1) is 11.5. The molecule has 1 nitrogen and oxygen atoms in total. The topological polar surface area (TPSA) is 17.1 Å². The summed E-state index contributed by atoms with van der Waals surface area (Å²) >= 11 is 11.1. The van der Waals surface area contributed by atoms with E-state index in [1.165, 1.54) is 0 Å². The summed E-state index contributed by atoms with van der Waals surface area (Å²) in [5.74, 6) is -0.00809. The van der Waals surface area contributed by atoms with Crippen LogP contribution in [-0.4, -0.2) is 11.7 Å². The van der Waals surface area contributed by atoms with Crippen LogP contribution in [0.4, 0.5) is 0 Å². The third kappa shape index (κ3) is 2.67. The highest BCUT2D eigenvalue weighted by Crippen LogP contribution is 2.23. The van der Waals surface area contributed by atoms with Gasteiger partial charge in [0.15, 0.2) is 5.78 Å². The third-order valence-electron chi connectivity index (χ3n) is 1.72. The fourth-order valence-corrected chi connectivity index (χ4v) is 2.49. The third-order valence-corrected chi connectivity index (χ3v) is 3.91. The Bertz CT molecular complexity index is 328. The zero-order valence-electron chi connectivity index (χ0n) is 6.90. The zero-order valence-corrected chi connectivity index (χ0v) is 11.4. The second kappa shape index (κ2) is 4.75. The van der Waals surface area contributed by atoms with Crippen molar-refractivity contribution in [2.75, 3.05) is 5.88 Å². The molecule has 0 saturated carbocycles.